The number of rotatable bonds is 2. The summed E-state index contributed by atoms with van der Waals surface area (Å²) < 4.78 is 4.82. The summed E-state index contributed by atoms with van der Waals surface area (Å²) in [6, 6.07) is 5.04. The Kier molecular flexibility index (Phi) is 2.39. The molecule has 1 N–H and O–H groups in total. The Morgan fingerprint density at radius 3 is 2.87 bits per heavy atom. The van der Waals surface area contributed by atoms with Crippen molar-refractivity contribution in [1.82, 2.24) is 10.1 Å². The first-order valence-corrected chi connectivity index (χ1v) is 4.38. The van der Waals surface area contributed by atoms with Crippen LogP contribution in [0.2, 0.25) is 5.15 Å². The van der Waals surface area contributed by atoms with Crippen molar-refractivity contribution in [2.24, 2.45) is 0 Å². The van der Waals surface area contributed by atoms with Crippen molar-refractivity contribution in [3.63, 3.8) is 0 Å². The molecule has 0 saturated carbocycles. The topological polar surface area (TPSA) is 76.2 Å². The fraction of sp³-hybridized carbons (Fsp3) is 0. The lowest BCUT2D eigenvalue weighted by molar-refractivity contribution is 0.0697. The molecule has 0 aromatic carbocycles. The summed E-state index contributed by atoms with van der Waals surface area (Å²) in [7, 11) is 0. The molecule has 2 rings (SSSR count). The minimum Gasteiger partial charge on any atom is -0.477 e. The van der Waals surface area contributed by atoms with Crippen molar-refractivity contribution >= 4 is 17.6 Å². The number of halogens is 1. The van der Waals surface area contributed by atoms with E-state index in [0.717, 1.165) is 0 Å². The highest BCUT2D eigenvalue weighted by molar-refractivity contribution is 6.32. The zero-order valence-corrected chi connectivity index (χ0v) is 8.10. The van der Waals surface area contributed by atoms with E-state index in [9.17, 15) is 4.79 Å². The molecule has 2 aromatic heterocycles. The molecule has 76 valence electrons. The highest BCUT2D eigenvalue weighted by atomic mass is 35.5. The van der Waals surface area contributed by atoms with Crippen molar-refractivity contribution in [2.45, 2.75) is 0 Å². The summed E-state index contributed by atoms with van der Waals surface area (Å²) >= 11 is 5.58. The van der Waals surface area contributed by atoms with Gasteiger partial charge in [-0.25, -0.2) is 4.79 Å². The standard InChI is InChI=1S/C9H5ClN2O3/c10-8-6(9(13)14)7(15-12-8)5-3-1-2-4-11-5/h1-4H,(H,13,14). The van der Waals surface area contributed by atoms with Gasteiger partial charge < -0.3 is 9.63 Å². The molecular weight excluding hydrogens is 220 g/mol. The molecule has 0 bridgehead atoms. The number of hydrogen-bond acceptors (Lipinski definition) is 4. The van der Waals surface area contributed by atoms with Gasteiger partial charge in [-0.3, -0.25) is 4.98 Å². The first-order chi connectivity index (χ1) is 7.20. The van der Waals surface area contributed by atoms with Gasteiger partial charge in [0.25, 0.3) is 0 Å². The van der Waals surface area contributed by atoms with E-state index in [-0.39, 0.29) is 16.5 Å². The maximum atomic E-state index is 10.9. The maximum absolute atomic E-state index is 10.9. The molecule has 0 fully saturated rings. The zero-order chi connectivity index (χ0) is 10.8. The highest BCUT2D eigenvalue weighted by Gasteiger charge is 2.22. The van der Waals surface area contributed by atoms with E-state index in [1.54, 1.807) is 18.2 Å². The van der Waals surface area contributed by atoms with Gasteiger partial charge in [0.1, 0.15) is 11.3 Å². The molecule has 2 heterocycles. The van der Waals surface area contributed by atoms with Crippen LogP contribution in [0.5, 0.6) is 0 Å². The molecule has 0 atom stereocenters. The number of aromatic carboxylic acids is 1. The van der Waals surface area contributed by atoms with Crippen LogP contribution in [0.25, 0.3) is 11.5 Å². The predicted molar refractivity (Wildman–Crippen MR) is 51.7 cm³/mol. The van der Waals surface area contributed by atoms with Gasteiger partial charge in [-0.1, -0.05) is 22.8 Å². The Hall–Kier alpha value is -1.88. The minimum absolute atomic E-state index is 0.0631. The Bertz CT molecular complexity index is 495. The van der Waals surface area contributed by atoms with Crippen molar-refractivity contribution in [2.75, 3.05) is 0 Å². The van der Waals surface area contributed by atoms with Gasteiger partial charge in [-0.2, -0.15) is 0 Å². The Labute approximate surface area is 89.3 Å². The van der Waals surface area contributed by atoms with E-state index in [4.69, 9.17) is 21.2 Å². The van der Waals surface area contributed by atoms with Crippen LogP contribution >= 0.6 is 11.6 Å². The molecule has 5 nitrogen and oxygen atoms in total. The Balaban J connectivity index is 2.59. The Morgan fingerprint density at radius 2 is 2.27 bits per heavy atom. The van der Waals surface area contributed by atoms with Gasteiger partial charge >= 0.3 is 5.97 Å². The fourth-order valence-corrected chi connectivity index (χ4v) is 1.33. The number of carboxylic acids is 1. The quantitative estimate of drug-likeness (QED) is 0.845. The highest BCUT2D eigenvalue weighted by Crippen LogP contribution is 2.27. The molecule has 0 amide bonds. The molecule has 2 aromatic rings. The largest absolute Gasteiger partial charge is 0.477 e. The monoisotopic (exact) mass is 224 g/mol. The third-order valence-electron chi connectivity index (χ3n) is 1.76. The number of carbonyl (C=O) groups is 1. The molecule has 0 aliphatic heterocycles. The molecule has 0 unspecified atom stereocenters. The maximum Gasteiger partial charge on any atom is 0.343 e. The normalized spacial score (nSPS) is 10.2. The van der Waals surface area contributed by atoms with Crippen LogP contribution in [-0.4, -0.2) is 21.2 Å². The lowest BCUT2D eigenvalue weighted by atomic mass is 10.2. The van der Waals surface area contributed by atoms with Crippen molar-refractivity contribution < 1.29 is 14.4 Å². The van der Waals surface area contributed by atoms with Gasteiger partial charge in [0.05, 0.1) is 0 Å². The number of carboxylic acid groups (broad SMARTS) is 1. The van der Waals surface area contributed by atoms with Gasteiger partial charge in [0.15, 0.2) is 5.15 Å². The van der Waals surface area contributed by atoms with Crippen LogP contribution in [0.15, 0.2) is 28.9 Å². The SMILES string of the molecule is O=C(O)c1c(Cl)noc1-c1ccccn1. The van der Waals surface area contributed by atoms with Crippen molar-refractivity contribution in [1.29, 1.82) is 0 Å². The van der Waals surface area contributed by atoms with E-state index in [1.807, 2.05) is 0 Å². The molecule has 0 aliphatic rings. The third-order valence-corrected chi connectivity index (χ3v) is 2.02. The first-order valence-electron chi connectivity index (χ1n) is 4.00. The van der Waals surface area contributed by atoms with Crippen LogP contribution in [0.3, 0.4) is 0 Å². The lowest BCUT2D eigenvalue weighted by Crippen LogP contribution is -1.97. The third kappa shape index (κ3) is 1.69. The second-order valence-corrected chi connectivity index (χ2v) is 3.06. The summed E-state index contributed by atoms with van der Waals surface area (Å²) in [5, 5.41) is 12.1. The lowest BCUT2D eigenvalue weighted by Gasteiger charge is -1.95. The summed E-state index contributed by atoms with van der Waals surface area (Å²) in [5.41, 5.74) is 0.213. The molecule has 0 aliphatic carbocycles. The molecule has 0 spiro atoms. The summed E-state index contributed by atoms with van der Waals surface area (Å²) in [6.45, 7) is 0. The van der Waals surface area contributed by atoms with Crippen LogP contribution in [0.4, 0.5) is 0 Å². The average molecular weight is 225 g/mol. The van der Waals surface area contributed by atoms with Crippen molar-refractivity contribution in [3.8, 4) is 11.5 Å². The van der Waals surface area contributed by atoms with E-state index in [1.165, 1.54) is 6.20 Å². The smallest absolute Gasteiger partial charge is 0.343 e. The summed E-state index contributed by atoms with van der Waals surface area (Å²) in [6.07, 6.45) is 1.53. The molecular formula is C9H5ClN2O3. The summed E-state index contributed by atoms with van der Waals surface area (Å²) in [5.74, 6) is -1.13. The number of pyridine rings is 1. The van der Waals surface area contributed by atoms with E-state index in [2.05, 4.69) is 10.1 Å². The zero-order valence-electron chi connectivity index (χ0n) is 7.35. The number of aromatic nitrogens is 2. The molecule has 0 saturated heterocycles. The van der Waals surface area contributed by atoms with Gasteiger partial charge in [-0.15, -0.1) is 0 Å². The van der Waals surface area contributed by atoms with Crippen LogP contribution in [-0.2, 0) is 0 Å². The van der Waals surface area contributed by atoms with Gasteiger partial charge in [0.2, 0.25) is 5.76 Å². The van der Waals surface area contributed by atoms with Crippen molar-refractivity contribution in [3.05, 3.63) is 35.1 Å². The van der Waals surface area contributed by atoms with Gasteiger partial charge in [0, 0.05) is 6.20 Å². The first kappa shape index (κ1) is 9.67. The predicted octanol–water partition coefficient (Wildman–Crippen LogP) is 2.09. The minimum atomic E-state index is -1.19. The van der Waals surface area contributed by atoms with E-state index in [0.29, 0.717) is 5.69 Å². The van der Waals surface area contributed by atoms with Crippen LogP contribution in [0, 0.1) is 0 Å². The van der Waals surface area contributed by atoms with E-state index < -0.39 is 5.97 Å². The van der Waals surface area contributed by atoms with E-state index >= 15 is 0 Å². The molecule has 0 radical (unpaired) electrons. The number of nitrogens with zero attached hydrogens (tertiary/aromatic N) is 2. The summed E-state index contributed by atoms with van der Waals surface area (Å²) in [4.78, 5) is 14.8. The Morgan fingerprint density at radius 1 is 1.47 bits per heavy atom. The molecule has 15 heavy (non-hydrogen) atoms. The molecule has 6 heteroatoms. The van der Waals surface area contributed by atoms with Crippen LogP contribution < -0.4 is 0 Å². The fourth-order valence-electron chi connectivity index (χ4n) is 1.13. The van der Waals surface area contributed by atoms with Gasteiger partial charge in [-0.05, 0) is 12.1 Å². The average Bonchev–Trinajstić information content (AvgIpc) is 2.61. The number of hydrogen-bond donors (Lipinski definition) is 1. The van der Waals surface area contributed by atoms with Crippen LogP contribution in [0.1, 0.15) is 10.4 Å². The second-order valence-electron chi connectivity index (χ2n) is 2.70. The second kappa shape index (κ2) is 3.70.